The molecule has 13 nitrogen and oxygen atoms in total. The number of carbonyl (C=O) groups is 2. The average Bonchev–Trinajstić information content (AvgIpc) is 3.94. The molecule has 0 aliphatic heterocycles. The summed E-state index contributed by atoms with van der Waals surface area (Å²) in [6.45, 7) is 19.4. The maximum absolute atomic E-state index is 13.4. The van der Waals surface area contributed by atoms with E-state index in [1.165, 1.54) is 22.8 Å². The van der Waals surface area contributed by atoms with Crippen LogP contribution in [0.2, 0.25) is 0 Å². The van der Waals surface area contributed by atoms with Crippen molar-refractivity contribution in [2.45, 2.75) is 98.8 Å². The number of phenols is 3. The third-order valence-electron chi connectivity index (χ3n) is 11.9. The molecule has 6 aromatic carbocycles. The Morgan fingerprint density at radius 3 is 1.68 bits per heavy atom. The number of aromatic hydroxyl groups is 3. The quantitative estimate of drug-likeness (QED) is 0.0741. The molecule has 8 aromatic rings. The van der Waals surface area contributed by atoms with Crippen LogP contribution in [0.5, 0.6) is 23.0 Å². The van der Waals surface area contributed by atoms with Crippen molar-refractivity contribution in [3.8, 4) is 34.4 Å². The van der Waals surface area contributed by atoms with Gasteiger partial charge in [0.25, 0.3) is 0 Å². The predicted molar refractivity (Wildman–Crippen MR) is 269 cm³/mol. The summed E-state index contributed by atoms with van der Waals surface area (Å²) in [7, 11) is 1.38. The number of methoxy groups -OCH3 is 1. The number of hydrogen-bond acceptors (Lipinski definition) is 11. The minimum absolute atomic E-state index is 0.0436. The Hall–Kier alpha value is -7.54. The highest BCUT2D eigenvalue weighted by Crippen LogP contribution is 2.42. The second-order valence-electron chi connectivity index (χ2n) is 20.2. The molecule has 0 unspecified atom stereocenters. The summed E-state index contributed by atoms with van der Waals surface area (Å²) < 4.78 is 10.6. The first-order chi connectivity index (χ1) is 32.6. The van der Waals surface area contributed by atoms with E-state index in [-0.39, 0.29) is 63.7 Å². The van der Waals surface area contributed by atoms with Crippen molar-refractivity contribution < 1.29 is 34.4 Å². The molecule has 0 atom stereocenters. The van der Waals surface area contributed by atoms with Crippen LogP contribution >= 0.6 is 0 Å². The molecule has 358 valence electrons. The molecule has 2 aromatic heterocycles. The van der Waals surface area contributed by atoms with Gasteiger partial charge in [-0.1, -0.05) is 122 Å². The molecule has 0 amide bonds. The predicted octanol–water partition coefficient (Wildman–Crippen LogP) is 11.3. The maximum atomic E-state index is 13.4. The molecular weight excluding hydrogens is 869 g/mol. The number of nitrogens with zero attached hydrogens (tertiary/aromatic N) is 6. The number of esters is 1. The van der Waals surface area contributed by atoms with Crippen LogP contribution in [0.25, 0.3) is 33.4 Å². The maximum Gasteiger partial charge on any atom is 0.305 e. The van der Waals surface area contributed by atoms with Crippen molar-refractivity contribution in [3.05, 3.63) is 154 Å². The summed E-state index contributed by atoms with van der Waals surface area (Å²) in [6, 6.07) is 34.9. The zero-order valence-corrected chi connectivity index (χ0v) is 41.2. The standard InChI is InChI=1S/C36H39N3O4.C20H23N3O3/c1-7-43-32-21-31(40)27(33(41)23-13-9-8-10-14-23)19-24(32)17-25-18-26(36(5,6)22-35(2,3)4)20-30(34(25)42)39-37-28-15-11-12-16-29(28)38-39;1-20(2,3)14-11-13(9-10-18(24)26-4)12-17(19(14)25)23-21-15-7-5-6-8-16(15)22-23/h8-16,18-21,40,42H,7,17,22H2,1-6H3;5-8,11-12,25H,9-10H2,1-4H3. The lowest BCUT2D eigenvalue weighted by atomic mass is 9.72. The Balaban J connectivity index is 0.000000231. The zero-order valence-electron chi connectivity index (χ0n) is 41.2. The zero-order chi connectivity index (χ0) is 49.8. The molecule has 13 heteroatoms. The third kappa shape index (κ3) is 11.4. The van der Waals surface area contributed by atoms with Gasteiger partial charge in [0, 0.05) is 35.6 Å². The monoisotopic (exact) mass is 930 g/mol. The summed E-state index contributed by atoms with van der Waals surface area (Å²) in [5, 5.41) is 51.7. The number of fused-ring (bicyclic) bond motifs is 2. The highest BCUT2D eigenvalue weighted by atomic mass is 16.5. The lowest BCUT2D eigenvalue weighted by Crippen LogP contribution is -2.25. The van der Waals surface area contributed by atoms with Gasteiger partial charge in [-0.3, -0.25) is 9.59 Å². The van der Waals surface area contributed by atoms with Gasteiger partial charge in [0.2, 0.25) is 0 Å². The molecule has 0 fully saturated rings. The first-order valence-electron chi connectivity index (χ1n) is 23.2. The van der Waals surface area contributed by atoms with Gasteiger partial charge in [-0.25, -0.2) is 0 Å². The molecule has 0 spiro atoms. The Labute approximate surface area is 403 Å². The van der Waals surface area contributed by atoms with Crippen molar-refractivity contribution in [1.29, 1.82) is 0 Å². The molecule has 0 saturated carbocycles. The van der Waals surface area contributed by atoms with Crippen molar-refractivity contribution in [2.24, 2.45) is 5.41 Å². The number of carbonyl (C=O) groups excluding carboxylic acids is 2. The van der Waals surface area contributed by atoms with E-state index in [0.29, 0.717) is 46.8 Å². The van der Waals surface area contributed by atoms with Crippen LogP contribution < -0.4 is 4.74 Å². The molecule has 0 aliphatic rings. The van der Waals surface area contributed by atoms with Crippen molar-refractivity contribution in [1.82, 2.24) is 30.0 Å². The van der Waals surface area contributed by atoms with Crippen LogP contribution in [0.1, 0.15) is 119 Å². The fourth-order valence-electron chi connectivity index (χ4n) is 8.79. The molecule has 69 heavy (non-hydrogen) atoms. The number of ketones is 1. The van der Waals surface area contributed by atoms with Crippen LogP contribution in [-0.2, 0) is 33.2 Å². The van der Waals surface area contributed by atoms with Crippen LogP contribution in [0.3, 0.4) is 0 Å². The Kier molecular flexibility index (Phi) is 14.3. The summed E-state index contributed by atoms with van der Waals surface area (Å²) in [5.41, 5.74) is 8.19. The van der Waals surface area contributed by atoms with E-state index in [1.54, 1.807) is 30.3 Å². The average molecular weight is 931 g/mol. The van der Waals surface area contributed by atoms with E-state index in [2.05, 4.69) is 55.0 Å². The molecule has 0 radical (unpaired) electrons. The lowest BCUT2D eigenvalue weighted by Gasteiger charge is -2.33. The molecule has 2 heterocycles. The van der Waals surface area contributed by atoms with Crippen molar-refractivity contribution in [3.63, 3.8) is 0 Å². The lowest BCUT2D eigenvalue weighted by molar-refractivity contribution is -0.140. The van der Waals surface area contributed by atoms with Gasteiger partial charge >= 0.3 is 5.97 Å². The fourth-order valence-corrected chi connectivity index (χ4v) is 8.79. The number of benzene rings is 6. The van der Waals surface area contributed by atoms with Crippen LogP contribution in [0.15, 0.2) is 115 Å². The van der Waals surface area contributed by atoms with E-state index in [9.17, 15) is 24.9 Å². The fraction of sp³-hybridized carbons (Fsp3) is 0.321. The summed E-state index contributed by atoms with van der Waals surface area (Å²) in [6.07, 6.45) is 1.95. The highest BCUT2D eigenvalue weighted by Gasteiger charge is 2.30. The number of hydrogen-bond donors (Lipinski definition) is 3. The van der Waals surface area contributed by atoms with Crippen molar-refractivity contribution in [2.75, 3.05) is 13.7 Å². The first-order valence-corrected chi connectivity index (χ1v) is 23.2. The topological polar surface area (TPSA) is 175 Å². The summed E-state index contributed by atoms with van der Waals surface area (Å²) in [4.78, 5) is 27.8. The van der Waals surface area contributed by atoms with E-state index >= 15 is 0 Å². The number of phenolic OH excluding ortho intramolecular Hbond substituents is 3. The van der Waals surface area contributed by atoms with Gasteiger partial charge < -0.3 is 24.8 Å². The van der Waals surface area contributed by atoms with E-state index < -0.39 is 0 Å². The molecule has 0 aliphatic carbocycles. The molecule has 0 saturated heterocycles. The molecule has 0 bridgehead atoms. The third-order valence-corrected chi connectivity index (χ3v) is 11.9. The van der Waals surface area contributed by atoms with Crippen molar-refractivity contribution >= 4 is 33.8 Å². The Morgan fingerprint density at radius 1 is 0.638 bits per heavy atom. The van der Waals surface area contributed by atoms with E-state index in [4.69, 9.17) is 9.47 Å². The highest BCUT2D eigenvalue weighted by molar-refractivity contribution is 6.11. The summed E-state index contributed by atoms with van der Waals surface area (Å²) >= 11 is 0. The summed E-state index contributed by atoms with van der Waals surface area (Å²) in [5.74, 6) is -0.0623. The Morgan fingerprint density at radius 2 is 1.17 bits per heavy atom. The molecular formula is C56H62N6O7. The molecule has 3 N–H and O–H groups in total. The van der Waals surface area contributed by atoms with Crippen LogP contribution in [0, 0.1) is 5.41 Å². The van der Waals surface area contributed by atoms with Gasteiger partial charge in [0.1, 0.15) is 56.4 Å². The second-order valence-corrected chi connectivity index (χ2v) is 20.2. The normalized spacial score (nSPS) is 11.9. The largest absolute Gasteiger partial charge is 0.507 e. The minimum Gasteiger partial charge on any atom is -0.507 e. The van der Waals surface area contributed by atoms with E-state index in [0.717, 1.165) is 45.2 Å². The van der Waals surface area contributed by atoms with Crippen LogP contribution in [0.4, 0.5) is 0 Å². The Bertz CT molecular complexity index is 3070. The number of aromatic nitrogens is 6. The van der Waals surface area contributed by atoms with E-state index in [1.807, 2.05) is 107 Å². The van der Waals surface area contributed by atoms with Gasteiger partial charge in [-0.2, -0.15) is 0 Å². The number of ether oxygens (including phenoxy) is 2. The van der Waals surface area contributed by atoms with Gasteiger partial charge in [-0.05, 0) is 95.2 Å². The number of aryl methyl sites for hydroxylation is 1. The van der Waals surface area contributed by atoms with Crippen LogP contribution in [-0.4, -0.2) is 70.8 Å². The smallest absolute Gasteiger partial charge is 0.305 e. The first kappa shape index (κ1) is 49.4. The number of rotatable bonds is 13. The SMILES string of the molecule is CCOc1cc(O)c(C(=O)c2ccccc2)cc1Cc1cc(C(C)(C)CC(C)(C)C)cc(-n2nc3ccccc3n2)c1O.COC(=O)CCc1cc(-n2nc3ccccc3n2)c(O)c(C(C)(C)C)c1. The second kappa shape index (κ2) is 20.0. The molecule has 8 rings (SSSR count). The van der Waals surface area contributed by atoms with Gasteiger partial charge in [0.15, 0.2) is 5.78 Å². The minimum atomic E-state index is -0.292. The van der Waals surface area contributed by atoms with Gasteiger partial charge in [-0.15, -0.1) is 30.0 Å². The van der Waals surface area contributed by atoms with Gasteiger partial charge in [0.05, 0.1) is 19.3 Å².